The fourth-order valence-electron chi connectivity index (χ4n) is 0.934. The first-order valence-electron chi connectivity index (χ1n) is 4.25. The summed E-state index contributed by atoms with van der Waals surface area (Å²) in [6.07, 6.45) is 4.69. The SMILES string of the molecule is CC.Cc1ncnc2cncnc12. The Balaban J connectivity index is 0.000000396. The highest BCUT2D eigenvalue weighted by Crippen LogP contribution is 2.06. The largest absolute Gasteiger partial charge is 0.243 e. The Morgan fingerprint density at radius 1 is 1.00 bits per heavy atom. The topological polar surface area (TPSA) is 51.6 Å². The molecule has 0 amide bonds. The Bertz CT molecular complexity index is 381. The third kappa shape index (κ3) is 1.96. The zero-order valence-corrected chi connectivity index (χ0v) is 8.02. The summed E-state index contributed by atoms with van der Waals surface area (Å²) >= 11 is 0. The summed E-state index contributed by atoms with van der Waals surface area (Å²) in [6, 6.07) is 0. The maximum absolute atomic E-state index is 4.04. The zero-order chi connectivity index (χ0) is 9.68. The first-order chi connectivity index (χ1) is 6.38. The summed E-state index contributed by atoms with van der Waals surface area (Å²) in [4.78, 5) is 15.9. The van der Waals surface area contributed by atoms with Gasteiger partial charge >= 0.3 is 0 Å². The van der Waals surface area contributed by atoms with Gasteiger partial charge in [-0.05, 0) is 6.92 Å². The number of fused-ring (bicyclic) bond motifs is 1. The van der Waals surface area contributed by atoms with Gasteiger partial charge in [-0.1, -0.05) is 13.8 Å². The molecule has 2 heterocycles. The molecule has 0 aliphatic rings. The molecule has 4 heteroatoms. The number of hydrogen-bond donors (Lipinski definition) is 0. The van der Waals surface area contributed by atoms with Crippen molar-refractivity contribution in [2.45, 2.75) is 20.8 Å². The maximum atomic E-state index is 4.04. The van der Waals surface area contributed by atoms with Crippen molar-refractivity contribution < 1.29 is 0 Å². The van der Waals surface area contributed by atoms with Crippen molar-refractivity contribution in [3.05, 3.63) is 24.5 Å². The predicted octanol–water partition coefficient (Wildman–Crippen LogP) is 1.75. The van der Waals surface area contributed by atoms with E-state index in [1.165, 1.54) is 12.7 Å². The van der Waals surface area contributed by atoms with E-state index in [0.717, 1.165) is 16.7 Å². The predicted molar refractivity (Wildman–Crippen MR) is 51.2 cm³/mol. The number of nitrogens with zero attached hydrogens (tertiary/aromatic N) is 4. The smallest absolute Gasteiger partial charge is 0.116 e. The van der Waals surface area contributed by atoms with Crippen molar-refractivity contribution in [1.82, 2.24) is 19.9 Å². The first-order valence-corrected chi connectivity index (χ1v) is 4.25. The lowest BCUT2D eigenvalue weighted by Crippen LogP contribution is -1.90. The van der Waals surface area contributed by atoms with Crippen molar-refractivity contribution in [1.29, 1.82) is 0 Å². The number of aryl methyl sites for hydroxylation is 1. The summed E-state index contributed by atoms with van der Waals surface area (Å²) in [7, 11) is 0. The molecule has 0 atom stereocenters. The first kappa shape index (κ1) is 9.51. The average molecular weight is 176 g/mol. The van der Waals surface area contributed by atoms with Crippen LogP contribution in [0.4, 0.5) is 0 Å². The van der Waals surface area contributed by atoms with Crippen LogP contribution in [0.1, 0.15) is 19.5 Å². The summed E-state index contributed by atoms with van der Waals surface area (Å²) in [6.45, 7) is 5.90. The van der Waals surface area contributed by atoms with Gasteiger partial charge in [-0.2, -0.15) is 0 Å². The Morgan fingerprint density at radius 3 is 2.46 bits per heavy atom. The van der Waals surface area contributed by atoms with Crippen LogP contribution in [-0.4, -0.2) is 19.9 Å². The highest BCUT2D eigenvalue weighted by molar-refractivity contribution is 5.74. The molecule has 0 bridgehead atoms. The van der Waals surface area contributed by atoms with Gasteiger partial charge in [0.05, 0.1) is 11.9 Å². The highest BCUT2D eigenvalue weighted by Gasteiger charge is 1.97. The molecule has 13 heavy (non-hydrogen) atoms. The molecule has 0 radical (unpaired) electrons. The van der Waals surface area contributed by atoms with E-state index in [0.29, 0.717) is 0 Å². The minimum absolute atomic E-state index is 0.792. The maximum Gasteiger partial charge on any atom is 0.116 e. The number of rotatable bonds is 0. The van der Waals surface area contributed by atoms with Gasteiger partial charge in [0.2, 0.25) is 0 Å². The Morgan fingerprint density at radius 2 is 1.77 bits per heavy atom. The second-order valence-corrected chi connectivity index (χ2v) is 2.22. The lowest BCUT2D eigenvalue weighted by Gasteiger charge is -1.95. The van der Waals surface area contributed by atoms with Crippen molar-refractivity contribution in [2.24, 2.45) is 0 Å². The molecule has 0 N–H and O–H groups in total. The fraction of sp³-hybridized carbons (Fsp3) is 0.333. The quantitative estimate of drug-likeness (QED) is 0.613. The summed E-state index contributed by atoms with van der Waals surface area (Å²) in [5.41, 5.74) is 2.50. The standard InChI is InChI=1S/C7H6N4.C2H6/c1-5-7-6(10-4-9-5)2-8-3-11-7;1-2/h2-4H,1H3;1-2H3. The van der Waals surface area contributed by atoms with Gasteiger partial charge < -0.3 is 0 Å². The van der Waals surface area contributed by atoms with E-state index >= 15 is 0 Å². The molecule has 4 nitrogen and oxygen atoms in total. The molecule has 68 valence electrons. The molecule has 0 spiro atoms. The normalized spacial score (nSPS) is 9.15. The van der Waals surface area contributed by atoms with E-state index in [9.17, 15) is 0 Å². The van der Waals surface area contributed by atoms with E-state index in [2.05, 4.69) is 19.9 Å². The van der Waals surface area contributed by atoms with Crippen molar-refractivity contribution >= 4 is 11.0 Å². The van der Waals surface area contributed by atoms with Gasteiger partial charge in [-0.15, -0.1) is 0 Å². The molecular weight excluding hydrogens is 164 g/mol. The lowest BCUT2D eigenvalue weighted by atomic mass is 10.3. The van der Waals surface area contributed by atoms with Crippen LogP contribution in [0.15, 0.2) is 18.9 Å². The van der Waals surface area contributed by atoms with E-state index in [4.69, 9.17) is 0 Å². The van der Waals surface area contributed by atoms with Crippen LogP contribution in [-0.2, 0) is 0 Å². The van der Waals surface area contributed by atoms with Crippen molar-refractivity contribution in [2.75, 3.05) is 0 Å². The van der Waals surface area contributed by atoms with Crippen molar-refractivity contribution in [3.63, 3.8) is 0 Å². The summed E-state index contributed by atoms with van der Waals surface area (Å²) in [5.74, 6) is 0. The molecule has 0 saturated carbocycles. The monoisotopic (exact) mass is 176 g/mol. The van der Waals surface area contributed by atoms with Crippen molar-refractivity contribution in [3.8, 4) is 0 Å². The molecule has 2 rings (SSSR count). The van der Waals surface area contributed by atoms with Gasteiger partial charge in [0.25, 0.3) is 0 Å². The molecule has 2 aromatic rings. The minimum Gasteiger partial charge on any atom is -0.243 e. The Kier molecular flexibility index (Phi) is 3.25. The van der Waals surface area contributed by atoms with E-state index in [1.54, 1.807) is 6.20 Å². The molecule has 0 aliphatic carbocycles. The Labute approximate surface area is 77.1 Å². The summed E-state index contributed by atoms with van der Waals surface area (Å²) in [5, 5.41) is 0. The summed E-state index contributed by atoms with van der Waals surface area (Å²) < 4.78 is 0. The van der Waals surface area contributed by atoms with Gasteiger partial charge in [-0.3, -0.25) is 0 Å². The number of hydrogen-bond acceptors (Lipinski definition) is 4. The minimum atomic E-state index is 0.792. The average Bonchev–Trinajstić information content (AvgIpc) is 2.22. The third-order valence-corrected chi connectivity index (χ3v) is 1.48. The fourth-order valence-corrected chi connectivity index (χ4v) is 0.934. The van der Waals surface area contributed by atoms with Gasteiger partial charge in [0, 0.05) is 0 Å². The van der Waals surface area contributed by atoms with E-state index < -0.39 is 0 Å². The molecule has 0 aromatic carbocycles. The van der Waals surface area contributed by atoms with Crippen LogP contribution < -0.4 is 0 Å². The van der Waals surface area contributed by atoms with E-state index in [1.807, 2.05) is 20.8 Å². The molecule has 0 fully saturated rings. The van der Waals surface area contributed by atoms with E-state index in [-0.39, 0.29) is 0 Å². The lowest BCUT2D eigenvalue weighted by molar-refractivity contribution is 1.10. The molecule has 0 unspecified atom stereocenters. The molecule has 0 aliphatic heterocycles. The zero-order valence-electron chi connectivity index (χ0n) is 8.02. The second kappa shape index (κ2) is 4.45. The second-order valence-electron chi connectivity index (χ2n) is 2.22. The third-order valence-electron chi connectivity index (χ3n) is 1.48. The van der Waals surface area contributed by atoms with Crippen LogP contribution in [0.25, 0.3) is 11.0 Å². The Hall–Kier alpha value is -1.58. The van der Waals surface area contributed by atoms with Crippen LogP contribution in [0, 0.1) is 6.92 Å². The van der Waals surface area contributed by atoms with Crippen LogP contribution in [0.2, 0.25) is 0 Å². The van der Waals surface area contributed by atoms with Gasteiger partial charge in [-0.25, -0.2) is 19.9 Å². The number of aromatic nitrogens is 4. The van der Waals surface area contributed by atoms with Crippen LogP contribution in [0.3, 0.4) is 0 Å². The van der Waals surface area contributed by atoms with Gasteiger partial charge in [0.1, 0.15) is 23.7 Å². The van der Waals surface area contributed by atoms with Crippen LogP contribution in [0.5, 0.6) is 0 Å². The molecular formula is C9H12N4. The molecule has 2 aromatic heterocycles. The van der Waals surface area contributed by atoms with Gasteiger partial charge in [0.15, 0.2) is 0 Å². The van der Waals surface area contributed by atoms with Crippen LogP contribution >= 0.6 is 0 Å². The highest BCUT2D eigenvalue weighted by atomic mass is 14.9. The molecule has 0 saturated heterocycles.